The summed E-state index contributed by atoms with van der Waals surface area (Å²) in [6.45, 7) is 11.9. The highest BCUT2D eigenvalue weighted by atomic mass is 17.6. The van der Waals surface area contributed by atoms with Gasteiger partial charge in [-0.3, -0.25) is 0 Å². The molecule has 1 aliphatic heterocycles. The molecule has 0 spiro atoms. The Hall–Kier alpha value is -3.39. The van der Waals surface area contributed by atoms with Crippen LogP contribution in [0.15, 0.2) is 0 Å². The fraction of sp³-hybridized carbons (Fsp3) is 0.735. The number of carbonyl (C=O) groups is 3. The molecule has 0 aliphatic carbocycles. The molecule has 0 amide bonds. The van der Waals surface area contributed by atoms with Crippen LogP contribution in [0.3, 0.4) is 0 Å². The molecule has 0 aromatic heterocycles. The molecule has 1 aliphatic rings. The van der Waals surface area contributed by atoms with Gasteiger partial charge in [0.25, 0.3) is 0 Å². The second-order valence-electron chi connectivity index (χ2n) is 9.22. The van der Waals surface area contributed by atoms with E-state index in [1.165, 1.54) is 33.6 Å². The van der Waals surface area contributed by atoms with E-state index in [0.29, 0.717) is 45.9 Å². The molecule has 7 N–H and O–H groups in total. The van der Waals surface area contributed by atoms with Crippen molar-refractivity contribution in [2.24, 2.45) is 0 Å². The molecule has 0 saturated carbocycles. The number of esters is 3. The van der Waals surface area contributed by atoms with E-state index in [-0.39, 0.29) is 26.4 Å². The Morgan fingerprint density at radius 1 is 0.712 bits per heavy atom. The van der Waals surface area contributed by atoms with Crippen molar-refractivity contribution < 1.29 is 88.9 Å². The maximum absolute atomic E-state index is 10.7. The predicted molar refractivity (Wildman–Crippen MR) is 188 cm³/mol. The minimum atomic E-state index is -1.09. The molecule has 1 rings (SSSR count). The van der Waals surface area contributed by atoms with Crippen LogP contribution in [-0.2, 0) is 52.9 Å². The highest BCUT2D eigenvalue weighted by Gasteiger charge is 2.32. The molecule has 0 bridgehead atoms. The van der Waals surface area contributed by atoms with Crippen LogP contribution in [0.4, 0.5) is 0 Å². The molecule has 1 saturated heterocycles. The number of carbonyl (C=O) groups excluding carboxylic acids is 3. The highest BCUT2D eigenvalue weighted by molar-refractivity contribution is 5.86. The lowest BCUT2D eigenvalue weighted by atomic mass is 10.3. The molecule has 1 heterocycles. The van der Waals surface area contributed by atoms with Crippen molar-refractivity contribution in [3.8, 4) is 36.5 Å². The van der Waals surface area contributed by atoms with Crippen molar-refractivity contribution in [1.82, 2.24) is 0 Å². The number of cyclic esters (lactones) is 2. The number of hydrogen-bond donors (Lipinski definition) is 7. The van der Waals surface area contributed by atoms with Gasteiger partial charge in [0.1, 0.15) is 12.7 Å². The standard InChI is InChI=1S/C8H16O5.C6H8O4.C6H2.C5H12O3.C5H12O.C4H10O.H2O4/c1-7(10)8(11)13-6-5-12-4-2-3-9;1-3-5(7)10-4(2)6(8)9-3;1-3-5-6-4-2;6-2-1-4-8-5-3-7;1-3-4-5-6-2;1-2-3-4-5;1-3-4-2/h7,9-10H,2-6H2,1H3;3-4H,1-2H3;1-2H;6-7H,1-5H2;3-5H2,1-2H3;5H,2-4H2,1H3;1-2H. The molecule has 0 aromatic rings. The number of aliphatic hydroxyl groups is 5. The monoisotopic (exact) mass is 758 g/mol. The number of aliphatic hydroxyl groups excluding tert-OH is 5. The third-order valence-corrected chi connectivity index (χ3v) is 4.65. The van der Waals surface area contributed by atoms with Gasteiger partial charge in [-0.2, -0.15) is 0 Å². The van der Waals surface area contributed by atoms with E-state index in [0.717, 1.165) is 19.4 Å². The van der Waals surface area contributed by atoms with Crippen molar-refractivity contribution in [3.05, 3.63) is 0 Å². The zero-order valence-corrected chi connectivity index (χ0v) is 31.3. The topological polar surface area (TPSA) is 267 Å². The summed E-state index contributed by atoms with van der Waals surface area (Å²) in [4.78, 5) is 32.0. The molecule has 18 nitrogen and oxygen atoms in total. The van der Waals surface area contributed by atoms with Crippen LogP contribution < -0.4 is 0 Å². The Labute approximate surface area is 308 Å². The summed E-state index contributed by atoms with van der Waals surface area (Å²) in [5.41, 5.74) is 0. The van der Waals surface area contributed by atoms with Crippen LogP contribution in [-0.4, -0.2) is 145 Å². The predicted octanol–water partition coefficient (Wildman–Crippen LogP) is 0.899. The molecule has 52 heavy (non-hydrogen) atoms. The van der Waals surface area contributed by atoms with Crippen LogP contribution in [0.1, 0.15) is 73.1 Å². The maximum atomic E-state index is 10.7. The largest absolute Gasteiger partial charge is 0.461 e. The Morgan fingerprint density at radius 2 is 1.13 bits per heavy atom. The summed E-state index contributed by atoms with van der Waals surface area (Å²) in [7, 11) is 1.73. The lowest BCUT2D eigenvalue weighted by molar-refractivity contribution is -0.611. The van der Waals surface area contributed by atoms with Gasteiger partial charge < -0.3 is 54.0 Å². The third kappa shape index (κ3) is 65.0. The molecule has 306 valence electrons. The first-order chi connectivity index (χ1) is 24.9. The van der Waals surface area contributed by atoms with E-state index >= 15 is 0 Å². The van der Waals surface area contributed by atoms with Gasteiger partial charge in [0.15, 0.2) is 12.2 Å². The Kier molecular flexibility index (Phi) is 66.5. The molecule has 18 heteroatoms. The van der Waals surface area contributed by atoms with Gasteiger partial charge in [0.2, 0.25) is 0 Å². The van der Waals surface area contributed by atoms with Crippen molar-refractivity contribution in [3.63, 3.8) is 0 Å². The zero-order valence-electron chi connectivity index (χ0n) is 31.3. The van der Waals surface area contributed by atoms with E-state index in [9.17, 15) is 14.4 Å². The van der Waals surface area contributed by atoms with Gasteiger partial charge in [-0.05, 0) is 80.2 Å². The second kappa shape index (κ2) is 57.0. The second-order valence-corrected chi connectivity index (χ2v) is 9.22. The average molecular weight is 759 g/mol. The minimum Gasteiger partial charge on any atom is -0.461 e. The third-order valence-electron chi connectivity index (χ3n) is 4.65. The number of hydrogen-bond acceptors (Lipinski definition) is 18. The maximum Gasteiger partial charge on any atom is 0.347 e. The summed E-state index contributed by atoms with van der Waals surface area (Å²) in [6.07, 6.45) is 12.5. The highest BCUT2D eigenvalue weighted by Crippen LogP contribution is 2.08. The molecular weight excluding hydrogens is 696 g/mol. The minimum absolute atomic E-state index is 0.0609. The molecular formula is C34H62O18. The van der Waals surface area contributed by atoms with Gasteiger partial charge in [-0.15, -0.1) is 12.8 Å². The fourth-order valence-corrected chi connectivity index (χ4v) is 2.08. The van der Waals surface area contributed by atoms with Crippen LogP contribution in [0, 0.1) is 36.5 Å². The van der Waals surface area contributed by atoms with Crippen LogP contribution in [0.2, 0.25) is 0 Å². The normalized spacial score (nSPS) is 13.8. The zero-order chi connectivity index (χ0) is 41.3. The number of terminal acetylenes is 2. The summed E-state index contributed by atoms with van der Waals surface area (Å²) in [6, 6.07) is 0. The Balaban J connectivity index is -0.000000123. The van der Waals surface area contributed by atoms with Gasteiger partial charge >= 0.3 is 17.9 Å². The smallest absolute Gasteiger partial charge is 0.347 e. The lowest BCUT2D eigenvalue weighted by Crippen LogP contribution is -2.40. The molecule has 0 radical (unpaired) electrons. The van der Waals surface area contributed by atoms with Gasteiger partial charge in [0, 0.05) is 46.8 Å². The van der Waals surface area contributed by atoms with Crippen LogP contribution in [0.5, 0.6) is 0 Å². The first-order valence-electron chi connectivity index (χ1n) is 16.2. The molecule has 3 unspecified atom stereocenters. The van der Waals surface area contributed by atoms with Crippen LogP contribution >= 0.6 is 0 Å². The SMILES string of the molecule is C#CC#CC#C.CC(O)C(=O)OCCOCCCO.CC1OC(=O)C(C)OC1=O.CCCCO.CCCCOC.OCCCOCCO.OOOO. The summed E-state index contributed by atoms with van der Waals surface area (Å²) < 4.78 is 28.4. The average Bonchev–Trinajstić information content (AvgIpc) is 3.14. The Bertz CT molecular complexity index is 838. The molecule has 1 fully saturated rings. The quantitative estimate of drug-likeness (QED) is 0.0256. The number of unbranched alkanes of at least 4 members (excludes halogenated alkanes) is 2. The van der Waals surface area contributed by atoms with E-state index in [1.807, 2.05) is 0 Å². The van der Waals surface area contributed by atoms with Crippen LogP contribution in [0.25, 0.3) is 0 Å². The summed E-state index contributed by atoms with van der Waals surface area (Å²) in [5, 5.41) is 60.6. The van der Waals surface area contributed by atoms with Gasteiger partial charge in [-0.25, -0.2) is 24.9 Å². The Morgan fingerprint density at radius 3 is 1.40 bits per heavy atom. The van der Waals surface area contributed by atoms with E-state index in [2.05, 4.69) is 61.8 Å². The van der Waals surface area contributed by atoms with E-state index < -0.39 is 36.2 Å². The van der Waals surface area contributed by atoms with E-state index in [4.69, 9.17) is 63.1 Å². The summed E-state index contributed by atoms with van der Waals surface area (Å²) >= 11 is 0. The van der Waals surface area contributed by atoms with Crippen molar-refractivity contribution in [2.75, 3.05) is 73.2 Å². The van der Waals surface area contributed by atoms with Gasteiger partial charge in [-0.1, -0.05) is 26.7 Å². The van der Waals surface area contributed by atoms with Crippen molar-refractivity contribution >= 4 is 17.9 Å². The number of methoxy groups -OCH3 is 1. The number of ether oxygens (including phenoxy) is 6. The van der Waals surface area contributed by atoms with Crippen molar-refractivity contribution in [2.45, 2.75) is 91.5 Å². The van der Waals surface area contributed by atoms with E-state index in [1.54, 1.807) is 7.11 Å². The molecule has 0 aromatic carbocycles. The fourth-order valence-electron chi connectivity index (χ4n) is 2.08. The summed E-state index contributed by atoms with van der Waals surface area (Å²) in [5.74, 6) is 7.00. The molecule has 3 atom stereocenters. The first kappa shape index (κ1) is 60.7. The van der Waals surface area contributed by atoms with Gasteiger partial charge in [0.05, 0.1) is 19.8 Å². The number of rotatable bonds is 18. The lowest BCUT2D eigenvalue weighted by Gasteiger charge is -2.22. The first-order valence-corrected chi connectivity index (χ1v) is 16.2. The van der Waals surface area contributed by atoms with Crippen molar-refractivity contribution in [1.29, 1.82) is 0 Å².